The predicted octanol–water partition coefficient (Wildman–Crippen LogP) is 0.965. The van der Waals surface area contributed by atoms with E-state index in [-0.39, 0.29) is 19.4 Å². The molecule has 166 valence electrons. The zero-order valence-corrected chi connectivity index (χ0v) is 17.2. The summed E-state index contributed by atoms with van der Waals surface area (Å²) in [6.07, 6.45) is -1.31. The molecule has 10 nitrogen and oxygen atoms in total. The minimum atomic E-state index is -1.46. The lowest BCUT2D eigenvalue weighted by Crippen LogP contribution is -2.46. The first-order valence-corrected chi connectivity index (χ1v) is 9.35. The first kappa shape index (κ1) is 24.9. The number of carboxylic acid groups (broad SMARTS) is 1. The summed E-state index contributed by atoms with van der Waals surface area (Å²) in [5.41, 5.74) is -0.0667. The van der Waals surface area contributed by atoms with E-state index in [1.54, 1.807) is 45.0 Å². The Balaban J connectivity index is 2.69. The van der Waals surface area contributed by atoms with Crippen molar-refractivity contribution in [3.05, 3.63) is 35.9 Å². The third-order valence-electron chi connectivity index (χ3n) is 3.67. The van der Waals surface area contributed by atoms with E-state index in [1.807, 2.05) is 6.07 Å². The monoisotopic (exact) mass is 424 g/mol. The minimum Gasteiger partial charge on any atom is -0.480 e. The average molecular weight is 424 g/mol. The van der Waals surface area contributed by atoms with Gasteiger partial charge in [-0.05, 0) is 32.8 Å². The van der Waals surface area contributed by atoms with E-state index in [1.165, 1.54) is 0 Å². The maximum atomic E-state index is 12.4. The zero-order valence-electron chi connectivity index (χ0n) is 17.2. The Morgan fingerprint density at radius 2 is 1.67 bits per heavy atom. The predicted molar refractivity (Wildman–Crippen MR) is 105 cm³/mol. The van der Waals surface area contributed by atoms with Crippen LogP contribution in [-0.4, -0.2) is 58.4 Å². The van der Waals surface area contributed by atoms with Crippen molar-refractivity contribution in [2.24, 2.45) is 0 Å². The number of aliphatic hydroxyl groups excluding tert-OH is 1. The molecule has 2 amide bonds. The van der Waals surface area contributed by atoms with E-state index in [2.05, 4.69) is 10.6 Å². The topological polar surface area (TPSA) is 151 Å². The second kappa shape index (κ2) is 11.8. The highest BCUT2D eigenvalue weighted by Gasteiger charge is 2.28. The van der Waals surface area contributed by atoms with Gasteiger partial charge in [0.1, 0.15) is 24.3 Å². The fourth-order valence-corrected chi connectivity index (χ4v) is 2.26. The number of carboxylic acids is 1. The van der Waals surface area contributed by atoms with Crippen LogP contribution in [0.15, 0.2) is 30.3 Å². The number of benzene rings is 1. The molecule has 0 heterocycles. The smallest absolute Gasteiger partial charge is 0.408 e. The summed E-state index contributed by atoms with van der Waals surface area (Å²) in [6, 6.07) is 6.28. The van der Waals surface area contributed by atoms with E-state index in [0.717, 1.165) is 5.56 Å². The van der Waals surface area contributed by atoms with Crippen LogP contribution in [0.4, 0.5) is 4.79 Å². The van der Waals surface area contributed by atoms with Crippen molar-refractivity contribution in [3.63, 3.8) is 0 Å². The molecule has 0 aliphatic heterocycles. The molecule has 0 saturated carbocycles. The van der Waals surface area contributed by atoms with Gasteiger partial charge in [0.05, 0.1) is 6.61 Å². The summed E-state index contributed by atoms with van der Waals surface area (Å²) in [6.45, 7) is 4.18. The Hall–Kier alpha value is -3.14. The molecule has 4 N–H and O–H groups in total. The molecule has 0 bridgehead atoms. The summed E-state index contributed by atoms with van der Waals surface area (Å²) in [5, 5.41) is 22.3. The van der Waals surface area contributed by atoms with Crippen molar-refractivity contribution in [2.45, 2.75) is 57.9 Å². The van der Waals surface area contributed by atoms with Crippen molar-refractivity contribution in [1.82, 2.24) is 10.6 Å². The van der Waals surface area contributed by atoms with Crippen LogP contribution in [0.2, 0.25) is 0 Å². The maximum Gasteiger partial charge on any atom is 0.408 e. The second-order valence-corrected chi connectivity index (χ2v) is 7.47. The second-order valence-electron chi connectivity index (χ2n) is 7.47. The van der Waals surface area contributed by atoms with E-state index in [0.29, 0.717) is 0 Å². The molecule has 0 saturated heterocycles. The number of carbonyl (C=O) groups excluding carboxylic acids is 3. The Morgan fingerprint density at radius 1 is 1.03 bits per heavy atom. The Bertz CT molecular complexity index is 730. The maximum absolute atomic E-state index is 12.4. The SMILES string of the molecule is CC(C)(C)OC(=O)C(CCC(=O)NC(CO)C(=O)O)NC(=O)OCc1ccccc1. The quantitative estimate of drug-likeness (QED) is 0.406. The standard InChI is InChI=1S/C20H28N2O8/c1-20(2,3)30-18(27)14(9-10-16(24)21-15(11-23)17(25)26)22-19(28)29-12-13-7-5-4-6-8-13/h4-8,14-15,23H,9-12H2,1-3H3,(H,21,24)(H,22,28)(H,25,26). The lowest BCUT2D eigenvalue weighted by molar-refractivity contribution is -0.157. The number of aliphatic carboxylic acids is 1. The molecule has 0 spiro atoms. The third kappa shape index (κ3) is 9.87. The Labute approximate surface area is 174 Å². The highest BCUT2D eigenvalue weighted by Crippen LogP contribution is 2.11. The number of rotatable bonds is 10. The van der Waals surface area contributed by atoms with Gasteiger partial charge in [-0.2, -0.15) is 0 Å². The van der Waals surface area contributed by atoms with Gasteiger partial charge in [0.15, 0.2) is 0 Å². The normalized spacial score (nSPS) is 12.9. The van der Waals surface area contributed by atoms with Crippen molar-refractivity contribution < 1.29 is 38.9 Å². The van der Waals surface area contributed by atoms with Gasteiger partial charge >= 0.3 is 18.0 Å². The van der Waals surface area contributed by atoms with Crippen LogP contribution in [0, 0.1) is 0 Å². The summed E-state index contributed by atoms with van der Waals surface area (Å²) >= 11 is 0. The molecular formula is C20H28N2O8. The first-order valence-electron chi connectivity index (χ1n) is 9.35. The van der Waals surface area contributed by atoms with Gasteiger partial charge in [-0.3, -0.25) is 4.79 Å². The van der Waals surface area contributed by atoms with Gasteiger partial charge in [0.2, 0.25) is 5.91 Å². The highest BCUT2D eigenvalue weighted by molar-refractivity contribution is 5.85. The molecule has 1 aromatic carbocycles. The molecule has 0 fully saturated rings. The van der Waals surface area contributed by atoms with Gasteiger partial charge < -0.3 is 30.3 Å². The number of nitrogens with one attached hydrogen (secondary N) is 2. The van der Waals surface area contributed by atoms with E-state index < -0.39 is 48.2 Å². The molecule has 1 aromatic rings. The van der Waals surface area contributed by atoms with Gasteiger partial charge in [0, 0.05) is 6.42 Å². The Morgan fingerprint density at radius 3 is 2.20 bits per heavy atom. The molecule has 10 heteroatoms. The number of amides is 2. The zero-order chi connectivity index (χ0) is 22.7. The molecule has 2 atom stereocenters. The van der Waals surface area contributed by atoms with Gasteiger partial charge in [-0.15, -0.1) is 0 Å². The van der Waals surface area contributed by atoms with Crippen molar-refractivity contribution >= 4 is 23.9 Å². The average Bonchev–Trinajstić information content (AvgIpc) is 2.66. The molecule has 0 aliphatic carbocycles. The van der Waals surface area contributed by atoms with Gasteiger partial charge in [0.25, 0.3) is 0 Å². The minimum absolute atomic E-state index is 0.00894. The number of alkyl carbamates (subject to hydrolysis) is 1. The largest absolute Gasteiger partial charge is 0.480 e. The van der Waals surface area contributed by atoms with Gasteiger partial charge in [-0.25, -0.2) is 14.4 Å². The summed E-state index contributed by atoms with van der Waals surface area (Å²) in [7, 11) is 0. The molecule has 1 rings (SSSR count). The fraction of sp³-hybridized carbons (Fsp3) is 0.500. The summed E-state index contributed by atoms with van der Waals surface area (Å²) in [4.78, 5) is 47.3. The van der Waals surface area contributed by atoms with E-state index in [9.17, 15) is 19.2 Å². The van der Waals surface area contributed by atoms with Crippen LogP contribution in [-0.2, 0) is 30.5 Å². The lowest BCUT2D eigenvalue weighted by atomic mass is 10.1. The first-order chi connectivity index (χ1) is 14.0. The van der Waals surface area contributed by atoms with Crippen LogP contribution in [0.5, 0.6) is 0 Å². The lowest BCUT2D eigenvalue weighted by Gasteiger charge is -2.24. The van der Waals surface area contributed by atoms with Crippen LogP contribution in [0.3, 0.4) is 0 Å². The molecule has 0 radical (unpaired) electrons. The van der Waals surface area contributed by atoms with Crippen LogP contribution in [0.1, 0.15) is 39.2 Å². The third-order valence-corrected chi connectivity index (χ3v) is 3.67. The van der Waals surface area contributed by atoms with E-state index in [4.69, 9.17) is 19.7 Å². The number of aliphatic hydroxyl groups is 1. The number of esters is 1. The number of carbonyl (C=O) groups is 4. The number of hydrogen-bond donors (Lipinski definition) is 4. The van der Waals surface area contributed by atoms with Crippen LogP contribution >= 0.6 is 0 Å². The number of hydrogen-bond acceptors (Lipinski definition) is 7. The number of ether oxygens (including phenoxy) is 2. The van der Waals surface area contributed by atoms with Crippen molar-refractivity contribution in [3.8, 4) is 0 Å². The van der Waals surface area contributed by atoms with Crippen LogP contribution in [0.25, 0.3) is 0 Å². The molecule has 2 unspecified atom stereocenters. The Kier molecular flexibility index (Phi) is 9.76. The molecule has 30 heavy (non-hydrogen) atoms. The van der Waals surface area contributed by atoms with E-state index >= 15 is 0 Å². The van der Waals surface area contributed by atoms with Crippen molar-refractivity contribution in [1.29, 1.82) is 0 Å². The van der Waals surface area contributed by atoms with Crippen LogP contribution < -0.4 is 10.6 Å². The van der Waals surface area contributed by atoms with Gasteiger partial charge in [-0.1, -0.05) is 30.3 Å². The summed E-state index contributed by atoms with van der Waals surface area (Å²) in [5.74, 6) is -2.86. The summed E-state index contributed by atoms with van der Waals surface area (Å²) < 4.78 is 10.4. The fourth-order valence-electron chi connectivity index (χ4n) is 2.26. The molecule has 0 aliphatic rings. The molecule has 0 aromatic heterocycles. The van der Waals surface area contributed by atoms with Crippen molar-refractivity contribution in [2.75, 3.05) is 6.61 Å². The highest BCUT2D eigenvalue weighted by atomic mass is 16.6. The molecular weight excluding hydrogens is 396 g/mol.